The lowest BCUT2D eigenvalue weighted by Crippen LogP contribution is -2.35. The summed E-state index contributed by atoms with van der Waals surface area (Å²) in [6.07, 6.45) is 2.76. The zero-order valence-corrected chi connectivity index (χ0v) is 21.4. The SMILES string of the molecule is C=C(NC(=O)c1csc(N2CCCC(CNC(=O)COCCOC)CC2)n1)C(=O)NC(=C)C(=O)OC. The standard InChI is InChI=1S/C23H33N5O7S/c1-15(20(30)26-16(2)22(32)34-4)25-21(31)18-14-36-23(27-18)28-8-5-6-17(7-9-28)12-24-19(29)13-35-11-10-33-3/h14,17H,1-2,5-13H2,3-4H3,(H,24,29)(H,25,31)(H,26,30). The van der Waals surface area contributed by atoms with Crippen molar-refractivity contribution in [3.63, 3.8) is 0 Å². The van der Waals surface area contributed by atoms with Gasteiger partial charge in [-0.3, -0.25) is 14.4 Å². The number of nitrogens with zero attached hydrogens (tertiary/aromatic N) is 2. The van der Waals surface area contributed by atoms with E-state index in [1.807, 2.05) is 0 Å². The molecule has 0 aromatic carbocycles. The molecule has 1 aliphatic heterocycles. The Labute approximate surface area is 214 Å². The maximum absolute atomic E-state index is 12.5. The van der Waals surface area contributed by atoms with Gasteiger partial charge in [0.1, 0.15) is 18.0 Å². The first kappa shape index (κ1) is 28.9. The number of esters is 1. The monoisotopic (exact) mass is 523 g/mol. The fourth-order valence-corrected chi connectivity index (χ4v) is 4.19. The minimum Gasteiger partial charge on any atom is -0.464 e. The van der Waals surface area contributed by atoms with Crippen LogP contribution in [-0.4, -0.2) is 82.3 Å². The third-order valence-corrected chi connectivity index (χ3v) is 6.23. The minimum atomic E-state index is -0.805. The molecular formula is C23H33N5O7S. The molecule has 2 heterocycles. The third kappa shape index (κ3) is 9.40. The van der Waals surface area contributed by atoms with Gasteiger partial charge in [0.15, 0.2) is 5.13 Å². The lowest BCUT2D eigenvalue weighted by Gasteiger charge is -2.19. The summed E-state index contributed by atoms with van der Waals surface area (Å²) in [5.41, 5.74) is -0.385. The van der Waals surface area contributed by atoms with E-state index in [1.165, 1.54) is 11.3 Å². The van der Waals surface area contributed by atoms with Gasteiger partial charge in [-0.2, -0.15) is 0 Å². The largest absolute Gasteiger partial charge is 0.464 e. The van der Waals surface area contributed by atoms with E-state index in [1.54, 1.807) is 12.5 Å². The first-order chi connectivity index (χ1) is 17.2. The van der Waals surface area contributed by atoms with Gasteiger partial charge < -0.3 is 35.1 Å². The van der Waals surface area contributed by atoms with Crippen molar-refractivity contribution in [2.45, 2.75) is 19.3 Å². The summed E-state index contributed by atoms with van der Waals surface area (Å²) in [5.74, 6) is -2.00. The summed E-state index contributed by atoms with van der Waals surface area (Å²) < 4.78 is 14.6. The van der Waals surface area contributed by atoms with Crippen LogP contribution in [0.1, 0.15) is 29.8 Å². The molecule has 0 spiro atoms. The Hall–Kier alpha value is -3.29. The first-order valence-electron chi connectivity index (χ1n) is 11.4. The van der Waals surface area contributed by atoms with Crippen LogP contribution in [0.2, 0.25) is 0 Å². The molecule has 2 rings (SSSR count). The lowest BCUT2D eigenvalue weighted by molar-refractivity contribution is -0.137. The second-order valence-electron chi connectivity index (χ2n) is 8.01. The molecule has 1 saturated heterocycles. The Morgan fingerprint density at radius 3 is 2.61 bits per heavy atom. The molecule has 0 saturated carbocycles. The fourth-order valence-electron chi connectivity index (χ4n) is 3.34. The van der Waals surface area contributed by atoms with Crippen LogP contribution < -0.4 is 20.9 Å². The fraction of sp³-hybridized carbons (Fsp3) is 0.522. The van der Waals surface area contributed by atoms with Gasteiger partial charge in [0.2, 0.25) is 5.91 Å². The van der Waals surface area contributed by atoms with Gasteiger partial charge in [-0.15, -0.1) is 11.3 Å². The smallest absolute Gasteiger partial charge is 0.353 e. The molecule has 12 nitrogen and oxygen atoms in total. The summed E-state index contributed by atoms with van der Waals surface area (Å²) in [5, 5.41) is 9.80. The molecule has 0 radical (unpaired) electrons. The van der Waals surface area contributed by atoms with Gasteiger partial charge in [-0.05, 0) is 25.2 Å². The minimum absolute atomic E-state index is 0.0142. The lowest BCUT2D eigenvalue weighted by atomic mass is 10.0. The molecule has 13 heteroatoms. The molecule has 1 aromatic rings. The Balaban J connectivity index is 1.80. The highest BCUT2D eigenvalue weighted by Crippen LogP contribution is 2.25. The van der Waals surface area contributed by atoms with Crippen LogP contribution in [0.3, 0.4) is 0 Å². The average molecular weight is 524 g/mol. The number of carbonyl (C=O) groups is 4. The van der Waals surface area contributed by atoms with E-state index < -0.39 is 17.8 Å². The Bertz CT molecular complexity index is 964. The summed E-state index contributed by atoms with van der Waals surface area (Å²) in [7, 11) is 2.73. The average Bonchev–Trinajstić information content (AvgIpc) is 3.24. The van der Waals surface area contributed by atoms with Crippen molar-refractivity contribution in [3.8, 4) is 0 Å². The Kier molecular flexibility index (Phi) is 12.0. The molecular weight excluding hydrogens is 490 g/mol. The van der Waals surface area contributed by atoms with E-state index in [0.717, 1.165) is 39.5 Å². The van der Waals surface area contributed by atoms with E-state index in [4.69, 9.17) is 9.47 Å². The van der Waals surface area contributed by atoms with E-state index in [0.29, 0.717) is 30.8 Å². The molecule has 1 atom stereocenters. The number of hydrogen-bond acceptors (Lipinski definition) is 10. The van der Waals surface area contributed by atoms with Crippen LogP contribution in [0, 0.1) is 5.92 Å². The van der Waals surface area contributed by atoms with Gasteiger partial charge in [0, 0.05) is 32.1 Å². The van der Waals surface area contributed by atoms with Gasteiger partial charge in [0.05, 0.1) is 26.0 Å². The Morgan fingerprint density at radius 2 is 1.89 bits per heavy atom. The number of aromatic nitrogens is 1. The summed E-state index contributed by atoms with van der Waals surface area (Å²) in [4.78, 5) is 54.4. The number of nitrogens with one attached hydrogen (secondary N) is 3. The number of thiazole rings is 1. The zero-order valence-electron chi connectivity index (χ0n) is 20.6. The first-order valence-corrected chi connectivity index (χ1v) is 12.3. The number of amides is 3. The van der Waals surface area contributed by atoms with Crippen LogP contribution in [-0.2, 0) is 28.6 Å². The van der Waals surface area contributed by atoms with E-state index in [9.17, 15) is 19.2 Å². The van der Waals surface area contributed by atoms with Crippen molar-refractivity contribution in [3.05, 3.63) is 35.6 Å². The highest BCUT2D eigenvalue weighted by Gasteiger charge is 2.22. The van der Waals surface area contributed by atoms with Crippen molar-refractivity contribution in [1.82, 2.24) is 20.9 Å². The summed E-state index contributed by atoms with van der Waals surface area (Å²) in [6.45, 7) is 9.84. The zero-order chi connectivity index (χ0) is 26.5. The van der Waals surface area contributed by atoms with Crippen LogP contribution in [0.5, 0.6) is 0 Å². The number of anilines is 1. The molecule has 36 heavy (non-hydrogen) atoms. The summed E-state index contributed by atoms with van der Waals surface area (Å²) in [6, 6.07) is 0. The van der Waals surface area contributed by atoms with Gasteiger partial charge in [0.25, 0.3) is 11.8 Å². The van der Waals surface area contributed by atoms with Crippen molar-refractivity contribution in [2.75, 3.05) is 58.6 Å². The predicted molar refractivity (Wildman–Crippen MR) is 133 cm³/mol. The number of carbonyl (C=O) groups excluding carboxylic acids is 4. The van der Waals surface area contributed by atoms with Gasteiger partial charge >= 0.3 is 5.97 Å². The van der Waals surface area contributed by atoms with Gasteiger partial charge in [-0.25, -0.2) is 9.78 Å². The van der Waals surface area contributed by atoms with Gasteiger partial charge in [-0.1, -0.05) is 13.2 Å². The number of ether oxygens (including phenoxy) is 3. The van der Waals surface area contributed by atoms with Crippen molar-refractivity contribution in [1.29, 1.82) is 0 Å². The molecule has 1 aromatic heterocycles. The molecule has 3 amide bonds. The second-order valence-corrected chi connectivity index (χ2v) is 8.84. The van der Waals surface area contributed by atoms with E-state index >= 15 is 0 Å². The Morgan fingerprint density at radius 1 is 1.11 bits per heavy atom. The molecule has 1 fully saturated rings. The quantitative estimate of drug-likeness (QED) is 0.192. The molecule has 0 aliphatic carbocycles. The third-order valence-electron chi connectivity index (χ3n) is 5.33. The number of rotatable bonds is 13. The molecule has 3 N–H and O–H groups in total. The predicted octanol–water partition coefficient (Wildman–Crippen LogP) is 0.575. The maximum atomic E-state index is 12.5. The van der Waals surface area contributed by atoms with E-state index in [-0.39, 0.29) is 29.6 Å². The number of methoxy groups -OCH3 is 2. The highest BCUT2D eigenvalue weighted by atomic mass is 32.1. The molecule has 1 unspecified atom stereocenters. The highest BCUT2D eigenvalue weighted by molar-refractivity contribution is 7.13. The van der Waals surface area contributed by atoms with Crippen molar-refractivity contribution in [2.24, 2.45) is 5.92 Å². The van der Waals surface area contributed by atoms with Crippen molar-refractivity contribution >= 4 is 40.2 Å². The molecule has 198 valence electrons. The van der Waals surface area contributed by atoms with Crippen molar-refractivity contribution < 1.29 is 33.4 Å². The molecule has 1 aliphatic rings. The molecule has 0 bridgehead atoms. The van der Waals surface area contributed by atoms with Crippen LogP contribution in [0.4, 0.5) is 5.13 Å². The maximum Gasteiger partial charge on any atom is 0.353 e. The van der Waals surface area contributed by atoms with Crippen LogP contribution in [0.15, 0.2) is 29.9 Å². The number of hydrogen-bond donors (Lipinski definition) is 3. The normalized spacial score (nSPS) is 15.4. The van der Waals surface area contributed by atoms with Crippen LogP contribution >= 0.6 is 11.3 Å². The summed E-state index contributed by atoms with van der Waals surface area (Å²) >= 11 is 1.33. The topological polar surface area (TPSA) is 148 Å². The second kappa shape index (κ2) is 15.0. The van der Waals surface area contributed by atoms with Crippen LogP contribution in [0.25, 0.3) is 0 Å². The van der Waals surface area contributed by atoms with E-state index in [2.05, 4.69) is 43.7 Å².